The molecule has 2 aromatic rings. The van der Waals surface area contributed by atoms with Crippen molar-refractivity contribution in [3.05, 3.63) is 58.1 Å². The Kier molecular flexibility index (Phi) is 6.88. The van der Waals surface area contributed by atoms with Crippen molar-refractivity contribution in [1.29, 1.82) is 0 Å². The standard InChI is InChI=1S/C20H24N4O6S/c1-14-12-23(13-15(2)30-14)31(27,28)20-10-17(24(25)26)6-9-19(20)22-21-11-16-4-7-18(29-3)8-5-16/h4-11,14-15,22H,12-13H2,1-3H3/b21-11-/t14-,15-/m1/s1. The second-order valence-corrected chi connectivity index (χ2v) is 9.07. The molecule has 11 heteroatoms. The van der Waals surface area contributed by atoms with Crippen molar-refractivity contribution in [2.75, 3.05) is 25.6 Å². The van der Waals surface area contributed by atoms with E-state index < -0.39 is 14.9 Å². The zero-order chi connectivity index (χ0) is 22.6. The average molecular weight is 449 g/mol. The molecule has 0 unspecified atom stereocenters. The lowest BCUT2D eigenvalue weighted by Crippen LogP contribution is -2.48. The summed E-state index contributed by atoms with van der Waals surface area (Å²) in [5.41, 5.74) is 3.28. The Balaban J connectivity index is 1.91. The first kappa shape index (κ1) is 22.7. The molecule has 0 radical (unpaired) electrons. The predicted octanol–water partition coefficient (Wildman–Crippen LogP) is 2.85. The van der Waals surface area contributed by atoms with Crippen molar-refractivity contribution in [2.24, 2.45) is 5.10 Å². The summed E-state index contributed by atoms with van der Waals surface area (Å²) in [7, 11) is -2.46. The SMILES string of the molecule is COc1ccc(/C=N\Nc2ccc([N+](=O)[O-])cc2S(=O)(=O)N2C[C@@H](C)O[C@H](C)C2)cc1. The first-order chi connectivity index (χ1) is 14.7. The van der Waals surface area contributed by atoms with Gasteiger partial charge < -0.3 is 9.47 Å². The Morgan fingerprint density at radius 2 is 1.84 bits per heavy atom. The molecular formula is C20H24N4O6S. The number of nitrogens with one attached hydrogen (secondary N) is 1. The number of morpholine rings is 1. The molecule has 1 aliphatic heterocycles. The largest absolute Gasteiger partial charge is 0.497 e. The van der Waals surface area contributed by atoms with Gasteiger partial charge in [0.25, 0.3) is 5.69 Å². The number of hydrazone groups is 1. The van der Waals surface area contributed by atoms with Crippen molar-refractivity contribution in [1.82, 2.24) is 4.31 Å². The number of ether oxygens (including phenoxy) is 2. The average Bonchev–Trinajstić information content (AvgIpc) is 2.73. The van der Waals surface area contributed by atoms with E-state index in [1.54, 1.807) is 45.2 Å². The molecule has 0 spiro atoms. The van der Waals surface area contributed by atoms with Crippen LogP contribution in [-0.2, 0) is 14.8 Å². The van der Waals surface area contributed by atoms with E-state index in [4.69, 9.17) is 9.47 Å². The molecule has 166 valence electrons. The van der Waals surface area contributed by atoms with E-state index in [9.17, 15) is 18.5 Å². The molecule has 2 atom stereocenters. The van der Waals surface area contributed by atoms with Gasteiger partial charge in [-0.2, -0.15) is 9.41 Å². The van der Waals surface area contributed by atoms with E-state index in [1.807, 2.05) is 0 Å². The number of nitro groups is 1. The number of sulfonamides is 1. The van der Waals surface area contributed by atoms with Crippen LogP contribution in [-0.4, -0.2) is 56.3 Å². The van der Waals surface area contributed by atoms with Crippen LogP contribution in [0.15, 0.2) is 52.5 Å². The normalized spacial score (nSPS) is 20.0. The summed E-state index contributed by atoms with van der Waals surface area (Å²) >= 11 is 0. The minimum absolute atomic E-state index is 0.141. The summed E-state index contributed by atoms with van der Waals surface area (Å²) in [5, 5.41) is 15.3. The molecule has 1 saturated heterocycles. The van der Waals surface area contributed by atoms with Crippen LogP contribution in [0.3, 0.4) is 0 Å². The quantitative estimate of drug-likeness (QED) is 0.392. The molecule has 0 bridgehead atoms. The van der Waals surface area contributed by atoms with Crippen LogP contribution >= 0.6 is 0 Å². The van der Waals surface area contributed by atoms with Crippen molar-refractivity contribution in [3.63, 3.8) is 0 Å². The number of methoxy groups -OCH3 is 1. The number of hydrogen-bond acceptors (Lipinski definition) is 8. The highest BCUT2D eigenvalue weighted by molar-refractivity contribution is 7.89. The molecule has 1 aliphatic rings. The van der Waals surface area contributed by atoms with Gasteiger partial charge in [0.05, 0.1) is 36.1 Å². The maximum atomic E-state index is 13.3. The minimum Gasteiger partial charge on any atom is -0.497 e. The number of anilines is 1. The van der Waals surface area contributed by atoms with Crippen LogP contribution in [0.4, 0.5) is 11.4 Å². The molecule has 0 amide bonds. The molecule has 10 nitrogen and oxygen atoms in total. The number of non-ortho nitro benzene ring substituents is 1. The van der Waals surface area contributed by atoms with Crippen LogP contribution in [0.2, 0.25) is 0 Å². The summed E-state index contributed by atoms with van der Waals surface area (Å²) < 4.78 is 38.6. The number of nitrogens with zero attached hydrogens (tertiary/aromatic N) is 3. The first-order valence-corrected chi connectivity index (χ1v) is 11.0. The van der Waals surface area contributed by atoms with E-state index in [1.165, 1.54) is 22.7 Å². The summed E-state index contributed by atoms with van der Waals surface area (Å²) in [6.45, 7) is 3.88. The van der Waals surface area contributed by atoms with E-state index in [-0.39, 0.29) is 41.6 Å². The fraction of sp³-hybridized carbons (Fsp3) is 0.350. The minimum atomic E-state index is -4.02. The van der Waals surface area contributed by atoms with Crippen molar-refractivity contribution in [3.8, 4) is 5.75 Å². The second kappa shape index (κ2) is 9.41. The Labute approximate surface area is 180 Å². The van der Waals surface area contributed by atoms with Gasteiger partial charge in [-0.15, -0.1) is 0 Å². The zero-order valence-electron chi connectivity index (χ0n) is 17.4. The van der Waals surface area contributed by atoms with Crippen molar-refractivity contribution < 1.29 is 22.8 Å². The van der Waals surface area contributed by atoms with Gasteiger partial charge in [0.15, 0.2) is 0 Å². The van der Waals surface area contributed by atoms with Gasteiger partial charge in [-0.1, -0.05) is 0 Å². The third kappa shape index (κ3) is 5.37. The smallest absolute Gasteiger partial charge is 0.270 e. The topological polar surface area (TPSA) is 123 Å². The Morgan fingerprint density at radius 3 is 2.42 bits per heavy atom. The van der Waals surface area contributed by atoms with E-state index >= 15 is 0 Å². The second-order valence-electron chi connectivity index (χ2n) is 7.16. The number of hydrogen-bond donors (Lipinski definition) is 1. The Morgan fingerprint density at radius 1 is 1.19 bits per heavy atom. The first-order valence-electron chi connectivity index (χ1n) is 9.58. The molecule has 1 fully saturated rings. The Bertz CT molecular complexity index is 1060. The van der Waals surface area contributed by atoms with Gasteiger partial charge in [-0.05, 0) is 49.7 Å². The van der Waals surface area contributed by atoms with Crippen molar-refractivity contribution >= 4 is 27.6 Å². The molecule has 0 aliphatic carbocycles. The van der Waals surface area contributed by atoms with Crippen LogP contribution in [0, 0.1) is 10.1 Å². The summed E-state index contributed by atoms with van der Waals surface area (Å²) in [5.74, 6) is 0.697. The maximum absolute atomic E-state index is 13.3. The van der Waals surface area contributed by atoms with Gasteiger partial charge in [0.1, 0.15) is 10.6 Å². The number of benzene rings is 2. The van der Waals surface area contributed by atoms with Gasteiger partial charge >= 0.3 is 0 Å². The fourth-order valence-corrected chi connectivity index (χ4v) is 5.01. The highest BCUT2D eigenvalue weighted by atomic mass is 32.2. The molecule has 1 heterocycles. The molecule has 0 saturated carbocycles. The predicted molar refractivity (Wildman–Crippen MR) is 116 cm³/mol. The molecular weight excluding hydrogens is 424 g/mol. The van der Waals surface area contributed by atoms with E-state index in [0.717, 1.165) is 11.6 Å². The third-order valence-electron chi connectivity index (χ3n) is 4.69. The van der Waals surface area contributed by atoms with E-state index in [0.29, 0.717) is 5.75 Å². The number of nitro benzene ring substituents is 1. The molecule has 31 heavy (non-hydrogen) atoms. The molecule has 2 aromatic carbocycles. The monoisotopic (exact) mass is 448 g/mol. The highest BCUT2D eigenvalue weighted by Gasteiger charge is 2.34. The summed E-state index contributed by atoms with van der Waals surface area (Å²) in [6.07, 6.45) is 0.930. The molecule has 3 rings (SSSR count). The summed E-state index contributed by atoms with van der Waals surface area (Å²) in [6, 6.07) is 10.7. The van der Waals surface area contributed by atoms with Crippen LogP contribution < -0.4 is 10.2 Å². The lowest BCUT2D eigenvalue weighted by molar-refractivity contribution is -0.385. The van der Waals surface area contributed by atoms with Gasteiger partial charge in [0.2, 0.25) is 10.0 Å². The lowest BCUT2D eigenvalue weighted by atomic mass is 10.2. The maximum Gasteiger partial charge on any atom is 0.270 e. The van der Waals surface area contributed by atoms with Crippen LogP contribution in [0.1, 0.15) is 19.4 Å². The Hall–Kier alpha value is -3.02. The van der Waals surface area contributed by atoms with Gasteiger partial charge in [-0.3, -0.25) is 15.5 Å². The highest BCUT2D eigenvalue weighted by Crippen LogP contribution is 2.30. The van der Waals surface area contributed by atoms with Gasteiger partial charge in [-0.25, -0.2) is 8.42 Å². The van der Waals surface area contributed by atoms with Crippen LogP contribution in [0.25, 0.3) is 0 Å². The molecule has 1 N–H and O–H groups in total. The fourth-order valence-electron chi connectivity index (χ4n) is 3.26. The van der Waals surface area contributed by atoms with Crippen LogP contribution in [0.5, 0.6) is 5.75 Å². The van der Waals surface area contributed by atoms with Gasteiger partial charge in [0, 0.05) is 25.2 Å². The number of rotatable bonds is 7. The molecule has 0 aromatic heterocycles. The zero-order valence-corrected chi connectivity index (χ0v) is 18.2. The van der Waals surface area contributed by atoms with E-state index in [2.05, 4.69) is 10.5 Å². The lowest BCUT2D eigenvalue weighted by Gasteiger charge is -2.34. The van der Waals surface area contributed by atoms with Crippen molar-refractivity contribution in [2.45, 2.75) is 31.0 Å². The third-order valence-corrected chi connectivity index (χ3v) is 6.57. The summed E-state index contributed by atoms with van der Waals surface area (Å²) in [4.78, 5) is 10.4.